The summed E-state index contributed by atoms with van der Waals surface area (Å²) in [6.45, 7) is 5.10. The summed E-state index contributed by atoms with van der Waals surface area (Å²) >= 11 is 1.09. The average molecular weight is 555 g/mol. The Balaban J connectivity index is 1.51. The number of hydrogen-bond donors (Lipinski definition) is 3. The topological polar surface area (TPSA) is 113 Å². The lowest BCUT2D eigenvalue weighted by Crippen LogP contribution is -2.28. The Hall–Kier alpha value is -2.79. The summed E-state index contributed by atoms with van der Waals surface area (Å²) in [5.41, 5.74) is 5.46. The number of methoxy groups -OCH3 is 1. The van der Waals surface area contributed by atoms with Crippen molar-refractivity contribution in [3.63, 3.8) is 0 Å². The minimum atomic E-state index is -3.44. The first-order valence-electron chi connectivity index (χ1n) is 12.9. The zero-order valence-electron chi connectivity index (χ0n) is 22.2. The predicted octanol–water partition coefficient (Wildman–Crippen LogP) is 5.68. The van der Waals surface area contributed by atoms with Crippen molar-refractivity contribution < 1.29 is 18.8 Å². The molecule has 0 bridgehead atoms. The number of nitrogens with zero attached hydrogens (tertiary/aromatic N) is 2. The number of aliphatic hydroxyl groups is 1. The minimum absolute atomic E-state index is 0.286. The van der Waals surface area contributed by atoms with Gasteiger partial charge >= 0.3 is 6.03 Å². The Bertz CT molecular complexity index is 1450. The molecule has 2 unspecified atom stereocenters. The number of fused-ring (bicyclic) bond motifs is 2. The number of anilines is 1. The molecule has 0 spiro atoms. The number of amides is 2. The van der Waals surface area contributed by atoms with E-state index in [1.807, 2.05) is 31.2 Å². The van der Waals surface area contributed by atoms with Gasteiger partial charge in [-0.25, -0.2) is 18.7 Å². The van der Waals surface area contributed by atoms with Crippen LogP contribution in [0.3, 0.4) is 0 Å². The number of nitrogens with one attached hydrogen (secondary N) is 2. The second-order valence-corrected chi connectivity index (χ2v) is 13.6. The first-order chi connectivity index (χ1) is 18.1. The van der Waals surface area contributed by atoms with Gasteiger partial charge in [-0.15, -0.1) is 15.7 Å². The van der Waals surface area contributed by atoms with Crippen LogP contribution < -0.4 is 14.8 Å². The molecule has 0 aliphatic heterocycles. The molecule has 0 radical (unpaired) electrons. The first-order valence-corrected chi connectivity index (χ1v) is 15.2. The Labute approximate surface area is 228 Å². The van der Waals surface area contributed by atoms with Gasteiger partial charge in [-0.2, -0.15) is 0 Å². The number of ether oxygens (including phenoxy) is 1. The third-order valence-electron chi connectivity index (χ3n) is 7.15. The van der Waals surface area contributed by atoms with Crippen LogP contribution >= 0.6 is 11.3 Å². The number of hydrogen-bond acceptors (Lipinski definition) is 6. The van der Waals surface area contributed by atoms with Gasteiger partial charge in [-0.3, -0.25) is 0 Å². The number of aryl methyl sites for hydroxylation is 2. The molecule has 2 aliphatic rings. The maximum Gasteiger partial charge on any atom is 0.354 e. The highest BCUT2D eigenvalue weighted by molar-refractivity contribution is 7.94. The highest BCUT2D eigenvalue weighted by Crippen LogP contribution is 2.39. The summed E-state index contributed by atoms with van der Waals surface area (Å²) in [5, 5.41) is 13.9. The maximum absolute atomic E-state index is 14.4. The van der Waals surface area contributed by atoms with Crippen LogP contribution in [0.5, 0.6) is 5.75 Å². The van der Waals surface area contributed by atoms with Crippen molar-refractivity contribution in [3.8, 4) is 5.75 Å². The van der Waals surface area contributed by atoms with E-state index in [4.69, 9.17) is 4.74 Å². The number of carbonyl (C=O) groups excluding carboxylic acids is 1. The van der Waals surface area contributed by atoms with Crippen molar-refractivity contribution in [1.29, 1.82) is 0 Å². The molecule has 202 valence electrons. The molecule has 3 N–H and O–H groups in total. The van der Waals surface area contributed by atoms with E-state index in [0.717, 1.165) is 61.1 Å². The summed E-state index contributed by atoms with van der Waals surface area (Å²) < 4.78 is 27.3. The van der Waals surface area contributed by atoms with Crippen LogP contribution in [0, 0.1) is 0 Å². The van der Waals surface area contributed by atoms with E-state index in [-0.39, 0.29) is 4.21 Å². The van der Waals surface area contributed by atoms with E-state index in [1.54, 1.807) is 21.0 Å². The second-order valence-electron chi connectivity index (χ2n) is 10.4. The molecule has 3 aromatic rings. The summed E-state index contributed by atoms with van der Waals surface area (Å²) in [6.07, 6.45) is 7.44. The molecule has 2 amide bonds. The summed E-state index contributed by atoms with van der Waals surface area (Å²) in [5.74, 6) is 0.714. The molecule has 0 saturated heterocycles. The molecule has 2 aliphatic carbocycles. The number of urea groups is 1. The zero-order valence-corrected chi connectivity index (χ0v) is 23.8. The Morgan fingerprint density at radius 1 is 1.13 bits per heavy atom. The molecule has 2 aromatic carbocycles. The van der Waals surface area contributed by atoms with Crippen molar-refractivity contribution in [2.45, 2.75) is 75.1 Å². The lowest BCUT2D eigenvalue weighted by atomic mass is 9.99. The Kier molecular flexibility index (Phi) is 7.34. The van der Waals surface area contributed by atoms with Gasteiger partial charge < -0.3 is 15.2 Å². The third-order valence-corrected chi connectivity index (χ3v) is 10.9. The number of carbonyl (C=O) groups is 1. The highest BCUT2D eigenvalue weighted by Gasteiger charge is 2.28. The quantitative estimate of drug-likeness (QED) is 0.348. The van der Waals surface area contributed by atoms with Crippen molar-refractivity contribution in [2.75, 3.05) is 12.4 Å². The standard InChI is InChI=1S/C28H34N4O4S2/c1-17(18-11-13-21(36-4)14-12-18)31-38(35,24-16-29-26(37-24)28(2,3)34)32-27(33)30-25-22-9-5-7-19(22)15-20-8-6-10-23(20)25/h11-17,34H,5-10H2,1-4H3,(H2,30,31,32,33,35). The highest BCUT2D eigenvalue weighted by atomic mass is 32.2. The predicted molar refractivity (Wildman–Crippen MR) is 150 cm³/mol. The minimum Gasteiger partial charge on any atom is -0.497 e. The molecule has 1 aromatic heterocycles. The molecule has 1 heterocycles. The molecular weight excluding hydrogens is 520 g/mol. The van der Waals surface area contributed by atoms with Crippen molar-refractivity contribution in [2.24, 2.45) is 4.36 Å². The molecule has 0 fully saturated rings. The van der Waals surface area contributed by atoms with Gasteiger partial charge in [0.2, 0.25) is 0 Å². The van der Waals surface area contributed by atoms with Gasteiger partial charge in [0.25, 0.3) is 0 Å². The third kappa shape index (κ3) is 5.36. The van der Waals surface area contributed by atoms with E-state index < -0.39 is 27.6 Å². The Morgan fingerprint density at radius 3 is 2.32 bits per heavy atom. The average Bonchev–Trinajstić information content (AvgIpc) is 3.64. The van der Waals surface area contributed by atoms with Crippen LogP contribution in [-0.2, 0) is 41.2 Å². The van der Waals surface area contributed by atoms with Gasteiger partial charge in [-0.05, 0) is 99.2 Å². The fraction of sp³-hybridized carbons (Fsp3) is 0.429. The Morgan fingerprint density at radius 2 is 1.76 bits per heavy atom. The monoisotopic (exact) mass is 554 g/mol. The largest absolute Gasteiger partial charge is 0.497 e. The maximum atomic E-state index is 14.4. The lowest BCUT2D eigenvalue weighted by Gasteiger charge is -2.18. The van der Waals surface area contributed by atoms with Gasteiger partial charge in [0, 0.05) is 11.7 Å². The van der Waals surface area contributed by atoms with E-state index in [2.05, 4.69) is 25.5 Å². The van der Waals surface area contributed by atoms with Crippen LogP contribution in [0.15, 0.2) is 45.1 Å². The molecule has 10 heteroatoms. The van der Waals surface area contributed by atoms with Gasteiger partial charge in [0.1, 0.15) is 20.6 Å². The zero-order chi connectivity index (χ0) is 27.1. The fourth-order valence-corrected chi connectivity index (χ4v) is 8.16. The van der Waals surface area contributed by atoms with Crippen LogP contribution in [-0.4, -0.2) is 27.4 Å². The van der Waals surface area contributed by atoms with Gasteiger partial charge in [-0.1, -0.05) is 18.2 Å². The molecule has 38 heavy (non-hydrogen) atoms. The van der Waals surface area contributed by atoms with E-state index in [1.165, 1.54) is 28.5 Å². The van der Waals surface area contributed by atoms with Crippen LogP contribution in [0.2, 0.25) is 0 Å². The smallest absolute Gasteiger partial charge is 0.354 e. The number of rotatable bonds is 7. The summed E-state index contributed by atoms with van der Waals surface area (Å²) in [6, 6.07) is 8.65. The van der Waals surface area contributed by atoms with Gasteiger partial charge in [0.05, 0.1) is 13.3 Å². The van der Waals surface area contributed by atoms with Crippen molar-refractivity contribution in [1.82, 2.24) is 9.71 Å². The normalized spacial score (nSPS) is 16.9. The van der Waals surface area contributed by atoms with Crippen LogP contribution in [0.4, 0.5) is 10.5 Å². The molecule has 2 atom stereocenters. The SMILES string of the molecule is COc1ccc(C(C)NS(=O)(=NC(=O)Nc2c3c(cc4c2CCC4)CCC3)c2cnc(C(C)(C)O)s2)cc1. The van der Waals surface area contributed by atoms with E-state index in [0.29, 0.717) is 10.8 Å². The van der Waals surface area contributed by atoms with Crippen molar-refractivity contribution in [3.05, 3.63) is 69.4 Å². The first kappa shape index (κ1) is 26.8. The van der Waals surface area contributed by atoms with Crippen molar-refractivity contribution >= 4 is 33.0 Å². The molecular formula is C28H34N4O4S2. The van der Waals surface area contributed by atoms with E-state index >= 15 is 0 Å². The number of aromatic nitrogens is 1. The number of thiazole rings is 1. The van der Waals surface area contributed by atoms with E-state index in [9.17, 15) is 14.1 Å². The van der Waals surface area contributed by atoms with Crippen LogP contribution in [0.1, 0.15) is 72.5 Å². The number of benzene rings is 2. The summed E-state index contributed by atoms with van der Waals surface area (Å²) in [4.78, 5) is 17.7. The fourth-order valence-electron chi connectivity index (χ4n) is 5.21. The van der Waals surface area contributed by atoms with Gasteiger partial charge in [0.15, 0.2) is 9.92 Å². The molecule has 5 rings (SSSR count). The van der Waals surface area contributed by atoms with Crippen LogP contribution in [0.25, 0.3) is 0 Å². The second kappa shape index (κ2) is 10.4. The molecule has 8 nitrogen and oxygen atoms in total. The summed E-state index contributed by atoms with van der Waals surface area (Å²) in [7, 11) is -1.84. The lowest BCUT2D eigenvalue weighted by molar-refractivity contribution is 0.0783. The molecule has 0 saturated carbocycles.